The Morgan fingerprint density at radius 2 is 2.05 bits per heavy atom. The van der Waals surface area contributed by atoms with Crippen LogP contribution < -0.4 is 5.32 Å². The molecular formula is C14H20N2O4. The number of nitrogens with zero attached hydrogens (tertiary/aromatic N) is 1. The summed E-state index contributed by atoms with van der Waals surface area (Å²) in [5, 5.41) is 11.5. The second-order valence-corrected chi connectivity index (χ2v) is 4.24. The summed E-state index contributed by atoms with van der Waals surface area (Å²) in [5.74, 6) is -1.03. The first-order chi connectivity index (χ1) is 9.58. The van der Waals surface area contributed by atoms with E-state index in [4.69, 9.17) is 9.84 Å². The number of likely N-dealkylation sites (N-methyl/N-ethyl adjacent to an activating group) is 1. The Kier molecular flexibility index (Phi) is 6.52. The number of carbonyl (C=O) groups is 2. The van der Waals surface area contributed by atoms with Gasteiger partial charge in [-0.2, -0.15) is 0 Å². The zero-order valence-electron chi connectivity index (χ0n) is 11.8. The van der Waals surface area contributed by atoms with Gasteiger partial charge in [0.25, 0.3) is 0 Å². The van der Waals surface area contributed by atoms with Crippen LogP contribution in [0.2, 0.25) is 0 Å². The second-order valence-electron chi connectivity index (χ2n) is 4.24. The van der Waals surface area contributed by atoms with Crippen molar-refractivity contribution >= 4 is 17.7 Å². The minimum Gasteiger partial charge on any atom is -0.480 e. The number of carboxylic acids is 1. The lowest BCUT2D eigenvalue weighted by molar-refractivity contribution is -0.137. The van der Waals surface area contributed by atoms with Crippen LogP contribution in [0.4, 0.5) is 10.5 Å². The number of rotatable bonds is 7. The molecule has 2 N–H and O–H groups in total. The number of amides is 2. The Labute approximate surface area is 118 Å². The van der Waals surface area contributed by atoms with E-state index in [1.165, 1.54) is 4.90 Å². The molecule has 1 rings (SSSR count). The number of nitrogens with one attached hydrogen (secondary N) is 1. The summed E-state index contributed by atoms with van der Waals surface area (Å²) in [4.78, 5) is 24.0. The fourth-order valence-electron chi connectivity index (χ4n) is 1.76. The molecule has 20 heavy (non-hydrogen) atoms. The lowest BCUT2D eigenvalue weighted by Gasteiger charge is -2.20. The van der Waals surface area contributed by atoms with Crippen molar-refractivity contribution in [1.82, 2.24) is 4.90 Å². The standard InChI is InChI=1S/C14H20N2O4/c1-3-16(10-13(17)18)14(19)15-12-7-5-4-6-11(12)8-9-20-2/h4-7H,3,8-10H2,1-2H3,(H,15,19)(H,17,18). The van der Waals surface area contributed by atoms with Crippen molar-refractivity contribution in [3.05, 3.63) is 29.8 Å². The van der Waals surface area contributed by atoms with Crippen LogP contribution in [0.1, 0.15) is 12.5 Å². The Morgan fingerprint density at radius 1 is 1.35 bits per heavy atom. The minimum atomic E-state index is -1.03. The molecule has 0 radical (unpaired) electrons. The van der Waals surface area contributed by atoms with E-state index in [0.29, 0.717) is 25.3 Å². The van der Waals surface area contributed by atoms with E-state index < -0.39 is 12.0 Å². The lowest BCUT2D eigenvalue weighted by atomic mass is 10.1. The van der Waals surface area contributed by atoms with Crippen molar-refractivity contribution in [2.45, 2.75) is 13.3 Å². The van der Waals surface area contributed by atoms with Crippen LogP contribution >= 0.6 is 0 Å². The molecule has 0 unspecified atom stereocenters. The van der Waals surface area contributed by atoms with Gasteiger partial charge < -0.3 is 20.1 Å². The molecule has 0 heterocycles. The number of carboxylic acid groups (broad SMARTS) is 1. The van der Waals surface area contributed by atoms with Gasteiger partial charge in [-0.3, -0.25) is 4.79 Å². The van der Waals surface area contributed by atoms with Crippen LogP contribution in [0.5, 0.6) is 0 Å². The highest BCUT2D eigenvalue weighted by Crippen LogP contribution is 2.16. The van der Waals surface area contributed by atoms with Crippen molar-refractivity contribution in [3.63, 3.8) is 0 Å². The van der Waals surface area contributed by atoms with Gasteiger partial charge in [-0.1, -0.05) is 18.2 Å². The molecule has 2 amide bonds. The number of aliphatic carboxylic acids is 1. The van der Waals surface area contributed by atoms with Gasteiger partial charge in [0, 0.05) is 19.3 Å². The van der Waals surface area contributed by atoms with Crippen molar-refractivity contribution in [2.75, 3.05) is 32.1 Å². The van der Waals surface area contributed by atoms with Crippen LogP contribution in [0.25, 0.3) is 0 Å². The topological polar surface area (TPSA) is 78.9 Å². The highest BCUT2D eigenvalue weighted by atomic mass is 16.5. The van der Waals surface area contributed by atoms with Crippen molar-refractivity contribution in [1.29, 1.82) is 0 Å². The van der Waals surface area contributed by atoms with E-state index >= 15 is 0 Å². The molecule has 0 saturated carbocycles. The van der Waals surface area contributed by atoms with E-state index in [2.05, 4.69) is 5.32 Å². The van der Waals surface area contributed by atoms with E-state index in [1.54, 1.807) is 20.1 Å². The first-order valence-electron chi connectivity index (χ1n) is 6.43. The van der Waals surface area contributed by atoms with Gasteiger partial charge in [0.15, 0.2) is 0 Å². The summed E-state index contributed by atoms with van der Waals surface area (Å²) in [6.45, 7) is 2.31. The van der Waals surface area contributed by atoms with Gasteiger partial charge in [0.05, 0.1) is 6.61 Å². The number of para-hydroxylation sites is 1. The molecular weight excluding hydrogens is 260 g/mol. The number of ether oxygens (including phenoxy) is 1. The third kappa shape index (κ3) is 4.89. The fourth-order valence-corrected chi connectivity index (χ4v) is 1.76. The smallest absolute Gasteiger partial charge is 0.323 e. The summed E-state index contributed by atoms with van der Waals surface area (Å²) in [5.41, 5.74) is 1.63. The molecule has 0 spiro atoms. The van der Waals surface area contributed by atoms with Gasteiger partial charge in [0.1, 0.15) is 6.54 Å². The summed E-state index contributed by atoms with van der Waals surface area (Å²) in [6.07, 6.45) is 0.679. The number of urea groups is 1. The zero-order valence-corrected chi connectivity index (χ0v) is 11.8. The van der Waals surface area contributed by atoms with Crippen molar-refractivity contribution in [2.24, 2.45) is 0 Å². The van der Waals surface area contributed by atoms with E-state index in [0.717, 1.165) is 5.56 Å². The Morgan fingerprint density at radius 3 is 2.65 bits per heavy atom. The maximum absolute atomic E-state index is 12.0. The molecule has 0 aromatic heterocycles. The fraction of sp³-hybridized carbons (Fsp3) is 0.429. The number of anilines is 1. The Balaban J connectivity index is 2.75. The first-order valence-corrected chi connectivity index (χ1v) is 6.43. The lowest BCUT2D eigenvalue weighted by Crippen LogP contribution is -2.38. The average Bonchev–Trinajstić information content (AvgIpc) is 2.43. The predicted octanol–water partition coefficient (Wildman–Crippen LogP) is 1.81. The van der Waals surface area contributed by atoms with E-state index in [9.17, 15) is 9.59 Å². The molecule has 6 nitrogen and oxygen atoms in total. The molecule has 0 atom stereocenters. The van der Waals surface area contributed by atoms with Gasteiger partial charge in [-0.05, 0) is 25.0 Å². The third-order valence-corrected chi connectivity index (χ3v) is 2.83. The predicted molar refractivity (Wildman–Crippen MR) is 75.9 cm³/mol. The number of carbonyl (C=O) groups excluding carboxylic acids is 1. The third-order valence-electron chi connectivity index (χ3n) is 2.83. The van der Waals surface area contributed by atoms with Crippen molar-refractivity contribution in [3.8, 4) is 0 Å². The number of hydrogen-bond donors (Lipinski definition) is 2. The zero-order chi connectivity index (χ0) is 15.0. The normalized spacial score (nSPS) is 10.1. The van der Waals surface area contributed by atoms with Gasteiger partial charge in [0.2, 0.25) is 0 Å². The monoisotopic (exact) mass is 280 g/mol. The highest BCUT2D eigenvalue weighted by Gasteiger charge is 2.15. The van der Waals surface area contributed by atoms with Crippen LogP contribution in [-0.4, -0.2) is 48.8 Å². The Hall–Kier alpha value is -2.08. The number of benzene rings is 1. The Bertz CT molecular complexity index is 462. The summed E-state index contributed by atoms with van der Waals surface area (Å²) in [7, 11) is 1.62. The SMILES string of the molecule is CCN(CC(=O)O)C(=O)Nc1ccccc1CCOC. The second kappa shape index (κ2) is 8.16. The van der Waals surface area contributed by atoms with Crippen LogP contribution in [-0.2, 0) is 16.0 Å². The van der Waals surface area contributed by atoms with Gasteiger partial charge in [-0.25, -0.2) is 4.79 Å². The minimum absolute atomic E-state index is 0.317. The molecule has 1 aromatic carbocycles. The molecule has 1 aromatic rings. The van der Waals surface area contributed by atoms with Crippen molar-refractivity contribution < 1.29 is 19.4 Å². The van der Waals surface area contributed by atoms with Crippen LogP contribution in [0, 0.1) is 0 Å². The molecule has 0 aliphatic carbocycles. The van der Waals surface area contributed by atoms with E-state index in [-0.39, 0.29) is 6.54 Å². The highest BCUT2D eigenvalue weighted by molar-refractivity contribution is 5.92. The molecule has 6 heteroatoms. The van der Waals surface area contributed by atoms with Crippen LogP contribution in [0.15, 0.2) is 24.3 Å². The quantitative estimate of drug-likeness (QED) is 0.798. The number of hydrogen-bond acceptors (Lipinski definition) is 3. The van der Waals surface area contributed by atoms with Crippen LogP contribution in [0.3, 0.4) is 0 Å². The summed E-state index contributed by atoms with van der Waals surface area (Å²) >= 11 is 0. The maximum Gasteiger partial charge on any atom is 0.323 e. The molecule has 0 aliphatic heterocycles. The van der Waals surface area contributed by atoms with Gasteiger partial charge >= 0.3 is 12.0 Å². The molecule has 0 bridgehead atoms. The largest absolute Gasteiger partial charge is 0.480 e. The molecule has 0 fully saturated rings. The van der Waals surface area contributed by atoms with Gasteiger partial charge in [-0.15, -0.1) is 0 Å². The molecule has 0 aliphatic rings. The number of methoxy groups -OCH3 is 1. The molecule has 0 saturated heterocycles. The average molecular weight is 280 g/mol. The molecule has 110 valence electrons. The first kappa shape index (κ1) is 16.0. The maximum atomic E-state index is 12.0. The summed E-state index contributed by atoms with van der Waals surface area (Å²) in [6, 6.07) is 6.98. The summed E-state index contributed by atoms with van der Waals surface area (Å²) < 4.78 is 5.03. The van der Waals surface area contributed by atoms with E-state index in [1.807, 2.05) is 18.2 Å².